The number of aromatic nitrogens is 2. The van der Waals surface area contributed by atoms with E-state index in [4.69, 9.17) is 4.42 Å². The zero-order valence-electron chi connectivity index (χ0n) is 20.1. The van der Waals surface area contributed by atoms with Crippen LogP contribution in [0.3, 0.4) is 0 Å². The number of nitrogens with zero attached hydrogens (tertiary/aromatic N) is 2. The third-order valence-electron chi connectivity index (χ3n) is 5.98. The molecular formula is C29H24N4O4. The van der Waals surface area contributed by atoms with Gasteiger partial charge in [0.2, 0.25) is 0 Å². The summed E-state index contributed by atoms with van der Waals surface area (Å²) in [5.74, 6) is -0.121. The van der Waals surface area contributed by atoms with Gasteiger partial charge in [-0.2, -0.15) is 0 Å². The van der Waals surface area contributed by atoms with Crippen molar-refractivity contribution in [1.29, 1.82) is 0 Å². The maximum atomic E-state index is 13.8. The number of rotatable bonds is 7. The summed E-state index contributed by atoms with van der Waals surface area (Å²) in [4.78, 5) is 47.9. The second-order valence-corrected chi connectivity index (χ2v) is 8.64. The number of carbonyl (C=O) groups is 2. The molecule has 2 N–H and O–H groups in total. The van der Waals surface area contributed by atoms with Crippen molar-refractivity contribution in [2.75, 3.05) is 5.32 Å². The molecule has 8 nitrogen and oxygen atoms in total. The van der Waals surface area contributed by atoms with Gasteiger partial charge in [0.05, 0.1) is 23.7 Å². The molecule has 3 aromatic carbocycles. The zero-order chi connectivity index (χ0) is 25.8. The lowest BCUT2D eigenvalue weighted by Gasteiger charge is -2.23. The summed E-state index contributed by atoms with van der Waals surface area (Å²) in [5, 5.41) is 3.30. The van der Waals surface area contributed by atoms with E-state index in [0.717, 1.165) is 11.1 Å². The van der Waals surface area contributed by atoms with Gasteiger partial charge in [0.15, 0.2) is 5.76 Å². The number of hydrogen-bond acceptors (Lipinski definition) is 5. The fourth-order valence-electron chi connectivity index (χ4n) is 4.06. The molecule has 0 aliphatic heterocycles. The molecule has 0 saturated heterocycles. The van der Waals surface area contributed by atoms with Gasteiger partial charge in [-0.15, -0.1) is 0 Å². The summed E-state index contributed by atoms with van der Waals surface area (Å²) in [7, 11) is 0. The van der Waals surface area contributed by atoms with E-state index in [9.17, 15) is 14.4 Å². The predicted octanol–water partition coefficient (Wildman–Crippen LogP) is 4.92. The Balaban J connectivity index is 1.46. The van der Waals surface area contributed by atoms with E-state index in [1.807, 2.05) is 43.3 Å². The topological polar surface area (TPSA) is 108 Å². The second-order valence-electron chi connectivity index (χ2n) is 8.64. The number of H-pyrrole nitrogens is 1. The van der Waals surface area contributed by atoms with Crippen LogP contribution in [0.4, 0.5) is 5.69 Å². The number of carbonyl (C=O) groups excluding carboxylic acids is 2. The van der Waals surface area contributed by atoms with Crippen LogP contribution < -0.4 is 10.9 Å². The van der Waals surface area contributed by atoms with E-state index in [1.54, 1.807) is 53.4 Å². The summed E-state index contributed by atoms with van der Waals surface area (Å²) >= 11 is 0. The molecule has 0 atom stereocenters. The summed E-state index contributed by atoms with van der Waals surface area (Å²) in [6.45, 7) is 2.24. The largest absolute Gasteiger partial charge is 0.459 e. The minimum Gasteiger partial charge on any atom is -0.459 e. The lowest BCUT2D eigenvalue weighted by molar-refractivity contribution is 0.0725. The van der Waals surface area contributed by atoms with Crippen LogP contribution in [0.1, 0.15) is 37.9 Å². The number of furan rings is 1. The van der Waals surface area contributed by atoms with Gasteiger partial charge in [0.25, 0.3) is 17.4 Å². The third kappa shape index (κ3) is 5.33. The standard InChI is InChI=1S/C29H24N4O4/c1-19-13-14-21(16-24(19)31-28(35)25-12-7-15-37-25)29(36)33(17-20-8-3-2-4-9-20)18-26-30-23-11-6-5-10-22(23)27(34)32-26/h2-16H,17-18H2,1H3,(H,31,35)(H,30,32,34). The Labute approximate surface area is 212 Å². The molecule has 5 rings (SSSR count). The van der Waals surface area contributed by atoms with Crippen molar-refractivity contribution in [3.05, 3.63) is 130 Å². The number of aromatic amines is 1. The van der Waals surface area contributed by atoms with Crippen molar-refractivity contribution in [2.45, 2.75) is 20.0 Å². The molecule has 0 bridgehead atoms. The maximum absolute atomic E-state index is 13.8. The van der Waals surface area contributed by atoms with E-state index < -0.39 is 5.91 Å². The minimum absolute atomic E-state index is 0.0930. The second kappa shape index (κ2) is 10.3. The fourth-order valence-corrected chi connectivity index (χ4v) is 4.06. The highest BCUT2D eigenvalue weighted by molar-refractivity contribution is 6.04. The molecule has 0 fully saturated rings. The first-order valence-electron chi connectivity index (χ1n) is 11.7. The highest BCUT2D eigenvalue weighted by atomic mass is 16.3. The fraction of sp³-hybridized carbons (Fsp3) is 0.103. The van der Waals surface area contributed by atoms with Crippen LogP contribution in [0.2, 0.25) is 0 Å². The normalized spacial score (nSPS) is 10.8. The molecule has 2 aromatic heterocycles. The number of nitrogens with one attached hydrogen (secondary N) is 2. The smallest absolute Gasteiger partial charge is 0.291 e. The Morgan fingerprint density at radius 3 is 2.51 bits per heavy atom. The lowest BCUT2D eigenvalue weighted by atomic mass is 10.1. The molecule has 184 valence electrons. The number of hydrogen-bond donors (Lipinski definition) is 2. The van der Waals surface area contributed by atoms with Crippen molar-refractivity contribution >= 4 is 28.4 Å². The number of para-hydroxylation sites is 1. The first-order chi connectivity index (χ1) is 18.0. The average molecular weight is 493 g/mol. The molecule has 0 aliphatic carbocycles. The van der Waals surface area contributed by atoms with E-state index in [1.165, 1.54) is 6.26 Å². The SMILES string of the molecule is Cc1ccc(C(=O)N(Cc2ccccc2)Cc2nc3ccccc3c(=O)[nH]2)cc1NC(=O)c1ccco1. The minimum atomic E-state index is -0.406. The number of amides is 2. The van der Waals surface area contributed by atoms with Crippen LogP contribution in [-0.2, 0) is 13.1 Å². The van der Waals surface area contributed by atoms with Gasteiger partial charge in [-0.3, -0.25) is 14.4 Å². The van der Waals surface area contributed by atoms with Gasteiger partial charge >= 0.3 is 0 Å². The lowest BCUT2D eigenvalue weighted by Crippen LogP contribution is -2.32. The molecule has 0 radical (unpaired) electrons. The van der Waals surface area contributed by atoms with Gasteiger partial charge in [0, 0.05) is 17.8 Å². The van der Waals surface area contributed by atoms with E-state index >= 15 is 0 Å². The first kappa shape index (κ1) is 23.7. The Kier molecular flexibility index (Phi) is 6.63. The maximum Gasteiger partial charge on any atom is 0.291 e. The number of benzene rings is 3. The average Bonchev–Trinajstić information content (AvgIpc) is 3.45. The van der Waals surface area contributed by atoms with Crippen molar-refractivity contribution in [3.8, 4) is 0 Å². The number of anilines is 1. The first-order valence-corrected chi connectivity index (χ1v) is 11.7. The quantitative estimate of drug-likeness (QED) is 0.335. The molecular weight excluding hydrogens is 468 g/mol. The van der Waals surface area contributed by atoms with Crippen LogP contribution in [-0.4, -0.2) is 26.7 Å². The Bertz CT molecular complexity index is 1630. The van der Waals surface area contributed by atoms with Crippen molar-refractivity contribution in [1.82, 2.24) is 14.9 Å². The van der Waals surface area contributed by atoms with E-state index in [2.05, 4.69) is 15.3 Å². The van der Waals surface area contributed by atoms with Crippen LogP contribution in [0, 0.1) is 6.92 Å². The summed E-state index contributed by atoms with van der Waals surface area (Å²) < 4.78 is 5.17. The van der Waals surface area contributed by atoms with Crippen molar-refractivity contribution < 1.29 is 14.0 Å². The summed E-state index contributed by atoms with van der Waals surface area (Å²) in [6.07, 6.45) is 1.42. The highest BCUT2D eigenvalue weighted by Gasteiger charge is 2.20. The molecule has 5 aromatic rings. The van der Waals surface area contributed by atoms with Crippen molar-refractivity contribution in [2.24, 2.45) is 0 Å². The van der Waals surface area contributed by atoms with Crippen LogP contribution in [0.15, 0.2) is 100 Å². The van der Waals surface area contributed by atoms with Crippen LogP contribution >= 0.6 is 0 Å². The number of aryl methyl sites for hydroxylation is 1. The predicted molar refractivity (Wildman–Crippen MR) is 140 cm³/mol. The Morgan fingerprint density at radius 1 is 0.946 bits per heavy atom. The molecule has 2 amide bonds. The van der Waals surface area contributed by atoms with Crippen molar-refractivity contribution in [3.63, 3.8) is 0 Å². The molecule has 0 saturated carbocycles. The zero-order valence-corrected chi connectivity index (χ0v) is 20.1. The summed E-state index contributed by atoms with van der Waals surface area (Å²) in [5.41, 5.74) is 2.92. The molecule has 0 aliphatic rings. The molecule has 8 heteroatoms. The van der Waals surface area contributed by atoms with E-state index in [0.29, 0.717) is 34.5 Å². The van der Waals surface area contributed by atoms with Crippen LogP contribution in [0.5, 0.6) is 0 Å². The van der Waals surface area contributed by atoms with Gasteiger partial charge in [0.1, 0.15) is 5.82 Å². The van der Waals surface area contributed by atoms with Gasteiger partial charge in [-0.25, -0.2) is 4.98 Å². The summed E-state index contributed by atoms with van der Waals surface area (Å²) in [6, 6.07) is 25.0. The molecule has 2 heterocycles. The van der Waals surface area contributed by atoms with Gasteiger partial charge in [-0.1, -0.05) is 48.5 Å². The monoisotopic (exact) mass is 492 g/mol. The number of fused-ring (bicyclic) bond motifs is 1. The molecule has 0 unspecified atom stereocenters. The van der Waals surface area contributed by atoms with Gasteiger partial charge < -0.3 is 19.6 Å². The van der Waals surface area contributed by atoms with Gasteiger partial charge in [-0.05, 0) is 54.4 Å². The Morgan fingerprint density at radius 2 is 1.73 bits per heavy atom. The highest BCUT2D eigenvalue weighted by Crippen LogP contribution is 2.21. The Hall–Kier alpha value is -4.98. The third-order valence-corrected chi connectivity index (χ3v) is 5.98. The molecule has 0 spiro atoms. The molecule has 37 heavy (non-hydrogen) atoms. The van der Waals surface area contributed by atoms with Crippen LogP contribution in [0.25, 0.3) is 10.9 Å². The van der Waals surface area contributed by atoms with E-state index in [-0.39, 0.29) is 23.8 Å².